The largest absolute Gasteiger partial charge is 0.394 e. The zero-order valence-electron chi connectivity index (χ0n) is 9.03. The van der Waals surface area contributed by atoms with E-state index in [0.29, 0.717) is 6.04 Å². The first-order chi connectivity index (χ1) is 7.24. The summed E-state index contributed by atoms with van der Waals surface area (Å²) in [4.78, 5) is 0. The maximum Gasteiger partial charge on any atom is 0.0652 e. The van der Waals surface area contributed by atoms with Gasteiger partial charge in [-0.2, -0.15) is 0 Å². The molecule has 1 atom stereocenters. The Bertz CT molecular complexity index is 311. The smallest absolute Gasteiger partial charge is 0.0652 e. The zero-order chi connectivity index (χ0) is 10.7. The van der Waals surface area contributed by atoms with Crippen molar-refractivity contribution in [2.75, 3.05) is 19.7 Å². The van der Waals surface area contributed by atoms with Gasteiger partial charge in [-0.25, -0.2) is 0 Å². The number of benzene rings is 1. The molecule has 0 aliphatic carbocycles. The molecule has 0 bridgehead atoms. The van der Waals surface area contributed by atoms with Crippen LogP contribution in [0.5, 0.6) is 0 Å². The third kappa shape index (κ3) is 2.20. The first-order valence-electron chi connectivity index (χ1n) is 5.39. The van der Waals surface area contributed by atoms with Crippen LogP contribution in [-0.2, 0) is 5.54 Å². The Balaban J connectivity index is 2.12. The summed E-state index contributed by atoms with van der Waals surface area (Å²) in [5.74, 6) is 0. The van der Waals surface area contributed by atoms with E-state index in [2.05, 4.69) is 22.8 Å². The molecule has 0 amide bonds. The third-order valence-electron chi connectivity index (χ3n) is 3.03. The van der Waals surface area contributed by atoms with Crippen molar-refractivity contribution in [3.63, 3.8) is 0 Å². The highest BCUT2D eigenvalue weighted by atomic mass is 16.3. The predicted molar refractivity (Wildman–Crippen MR) is 60.7 cm³/mol. The molecule has 3 nitrogen and oxygen atoms in total. The number of aliphatic hydroxyl groups is 1. The van der Waals surface area contributed by atoms with Crippen LogP contribution in [0.1, 0.15) is 12.5 Å². The highest BCUT2D eigenvalue weighted by molar-refractivity contribution is 5.24. The summed E-state index contributed by atoms with van der Waals surface area (Å²) in [5, 5.41) is 16.2. The van der Waals surface area contributed by atoms with Crippen LogP contribution in [0.3, 0.4) is 0 Å². The van der Waals surface area contributed by atoms with Crippen LogP contribution < -0.4 is 10.6 Å². The summed E-state index contributed by atoms with van der Waals surface area (Å²) in [6.07, 6.45) is 0. The van der Waals surface area contributed by atoms with Gasteiger partial charge in [0.05, 0.1) is 12.1 Å². The van der Waals surface area contributed by atoms with E-state index < -0.39 is 0 Å². The second-order valence-corrected chi connectivity index (χ2v) is 4.36. The number of hydrogen-bond acceptors (Lipinski definition) is 3. The lowest BCUT2D eigenvalue weighted by molar-refractivity contribution is 0.147. The highest BCUT2D eigenvalue weighted by Crippen LogP contribution is 2.21. The first-order valence-corrected chi connectivity index (χ1v) is 5.39. The van der Waals surface area contributed by atoms with Crippen LogP contribution >= 0.6 is 0 Å². The fraction of sp³-hybridized carbons (Fsp3) is 0.500. The maximum atomic E-state index is 9.52. The van der Waals surface area contributed by atoms with Crippen molar-refractivity contribution in [2.45, 2.75) is 18.5 Å². The summed E-state index contributed by atoms with van der Waals surface area (Å²) in [6, 6.07) is 10.6. The van der Waals surface area contributed by atoms with Crippen molar-refractivity contribution < 1.29 is 5.11 Å². The Hall–Kier alpha value is -0.900. The normalized spacial score (nSPS) is 20.7. The molecule has 3 N–H and O–H groups in total. The molecule has 1 aliphatic rings. The van der Waals surface area contributed by atoms with E-state index in [9.17, 15) is 5.11 Å². The molecule has 3 heteroatoms. The van der Waals surface area contributed by atoms with Crippen LogP contribution in [0.4, 0.5) is 0 Å². The lowest BCUT2D eigenvalue weighted by Crippen LogP contribution is -2.61. The highest BCUT2D eigenvalue weighted by Gasteiger charge is 2.30. The molecule has 1 unspecified atom stereocenters. The van der Waals surface area contributed by atoms with Gasteiger partial charge < -0.3 is 15.7 Å². The zero-order valence-corrected chi connectivity index (χ0v) is 9.03. The van der Waals surface area contributed by atoms with Gasteiger partial charge >= 0.3 is 0 Å². The molecule has 0 spiro atoms. The van der Waals surface area contributed by atoms with E-state index in [1.807, 2.05) is 25.1 Å². The Morgan fingerprint density at radius 3 is 2.53 bits per heavy atom. The Morgan fingerprint density at radius 1 is 1.40 bits per heavy atom. The van der Waals surface area contributed by atoms with E-state index in [-0.39, 0.29) is 12.1 Å². The summed E-state index contributed by atoms with van der Waals surface area (Å²) >= 11 is 0. The lowest BCUT2D eigenvalue weighted by Gasteiger charge is -2.38. The first kappa shape index (κ1) is 10.6. The van der Waals surface area contributed by atoms with Crippen molar-refractivity contribution in [3.05, 3.63) is 35.9 Å². The Kier molecular flexibility index (Phi) is 3.05. The lowest BCUT2D eigenvalue weighted by atomic mass is 9.91. The molecular weight excluding hydrogens is 188 g/mol. The topological polar surface area (TPSA) is 44.3 Å². The molecule has 1 fully saturated rings. The number of aliphatic hydroxyl groups excluding tert-OH is 1. The van der Waals surface area contributed by atoms with Crippen LogP contribution in [0.25, 0.3) is 0 Å². The average Bonchev–Trinajstić information content (AvgIpc) is 2.24. The minimum absolute atomic E-state index is 0.119. The molecule has 0 radical (unpaired) electrons. The molecule has 1 aromatic rings. The van der Waals surface area contributed by atoms with Gasteiger partial charge in [-0.1, -0.05) is 30.3 Å². The number of hydrogen-bond donors (Lipinski definition) is 3. The monoisotopic (exact) mass is 206 g/mol. The van der Waals surface area contributed by atoms with E-state index in [1.165, 1.54) is 0 Å². The summed E-state index contributed by atoms with van der Waals surface area (Å²) in [6.45, 7) is 4.14. The fourth-order valence-electron chi connectivity index (χ4n) is 1.87. The quantitative estimate of drug-likeness (QED) is 0.670. The molecule has 2 rings (SSSR count). The summed E-state index contributed by atoms with van der Waals surface area (Å²) < 4.78 is 0. The van der Waals surface area contributed by atoms with Gasteiger partial charge in [0.15, 0.2) is 0 Å². The number of nitrogens with one attached hydrogen (secondary N) is 2. The van der Waals surface area contributed by atoms with Gasteiger partial charge in [0.2, 0.25) is 0 Å². The minimum atomic E-state index is -0.325. The van der Waals surface area contributed by atoms with Gasteiger partial charge in [-0.15, -0.1) is 0 Å². The third-order valence-corrected chi connectivity index (χ3v) is 3.03. The molecule has 1 saturated heterocycles. The van der Waals surface area contributed by atoms with Crippen molar-refractivity contribution in [1.29, 1.82) is 0 Å². The van der Waals surface area contributed by atoms with Crippen LogP contribution in [0.2, 0.25) is 0 Å². The SMILES string of the molecule is CC(CO)(NC1CNC1)c1ccccc1. The predicted octanol–water partition coefficient (Wildman–Crippen LogP) is 0.455. The minimum Gasteiger partial charge on any atom is -0.394 e. The van der Waals surface area contributed by atoms with E-state index in [1.54, 1.807) is 0 Å². The van der Waals surface area contributed by atoms with E-state index >= 15 is 0 Å². The number of rotatable bonds is 4. The second kappa shape index (κ2) is 4.31. The van der Waals surface area contributed by atoms with Crippen LogP contribution in [0, 0.1) is 0 Å². The van der Waals surface area contributed by atoms with Gasteiger partial charge in [0, 0.05) is 19.1 Å². The molecule has 1 heterocycles. The van der Waals surface area contributed by atoms with E-state index in [0.717, 1.165) is 18.7 Å². The molecule has 1 aliphatic heterocycles. The summed E-state index contributed by atoms with van der Waals surface area (Å²) in [5.41, 5.74) is 0.813. The Labute approximate surface area is 90.5 Å². The average molecular weight is 206 g/mol. The van der Waals surface area contributed by atoms with Crippen molar-refractivity contribution in [3.8, 4) is 0 Å². The fourth-order valence-corrected chi connectivity index (χ4v) is 1.87. The molecular formula is C12H18N2O. The van der Waals surface area contributed by atoms with Crippen molar-refractivity contribution in [1.82, 2.24) is 10.6 Å². The van der Waals surface area contributed by atoms with Crippen molar-refractivity contribution >= 4 is 0 Å². The molecule has 82 valence electrons. The van der Waals surface area contributed by atoms with Gasteiger partial charge in [0.1, 0.15) is 0 Å². The van der Waals surface area contributed by atoms with Gasteiger partial charge in [-0.3, -0.25) is 0 Å². The van der Waals surface area contributed by atoms with Gasteiger partial charge in [0.25, 0.3) is 0 Å². The van der Waals surface area contributed by atoms with Crippen molar-refractivity contribution in [2.24, 2.45) is 0 Å². The second-order valence-electron chi connectivity index (χ2n) is 4.36. The Morgan fingerprint density at radius 2 is 2.07 bits per heavy atom. The molecule has 1 aromatic carbocycles. The molecule has 0 aromatic heterocycles. The standard InChI is InChI=1S/C12H18N2O/c1-12(9-15,14-11-7-13-8-11)10-5-3-2-4-6-10/h2-6,11,13-15H,7-9H2,1H3. The molecule has 15 heavy (non-hydrogen) atoms. The van der Waals surface area contributed by atoms with Crippen LogP contribution in [0.15, 0.2) is 30.3 Å². The maximum absolute atomic E-state index is 9.52. The van der Waals surface area contributed by atoms with E-state index in [4.69, 9.17) is 0 Å². The van der Waals surface area contributed by atoms with Crippen LogP contribution in [-0.4, -0.2) is 30.8 Å². The molecule has 0 saturated carbocycles. The summed E-state index contributed by atoms with van der Waals surface area (Å²) in [7, 11) is 0. The van der Waals surface area contributed by atoms with Gasteiger partial charge in [-0.05, 0) is 12.5 Å².